The summed E-state index contributed by atoms with van der Waals surface area (Å²) in [7, 11) is 0. The average Bonchev–Trinajstić information content (AvgIpc) is 3.28. The van der Waals surface area contributed by atoms with Crippen LogP contribution in [-0.4, -0.2) is 9.38 Å². The summed E-state index contributed by atoms with van der Waals surface area (Å²) in [5, 5.41) is 8.74. The summed E-state index contributed by atoms with van der Waals surface area (Å²) < 4.78 is 2.11. The molecular weight excluding hydrogens is 378 g/mol. The summed E-state index contributed by atoms with van der Waals surface area (Å²) in [5.74, 6) is 0. The summed E-state index contributed by atoms with van der Waals surface area (Å²) in [4.78, 5) is 4.97. The van der Waals surface area contributed by atoms with Crippen LogP contribution in [0.4, 0.5) is 0 Å². The van der Waals surface area contributed by atoms with Crippen molar-refractivity contribution in [1.82, 2.24) is 9.38 Å². The molecule has 0 amide bonds. The highest BCUT2D eigenvalue weighted by Crippen LogP contribution is 2.32. The maximum absolute atomic E-state index is 8.74. The quantitative estimate of drug-likeness (QED) is 0.310. The van der Waals surface area contributed by atoms with Crippen LogP contribution in [0.15, 0.2) is 109 Å². The van der Waals surface area contributed by atoms with Crippen molar-refractivity contribution in [2.45, 2.75) is 0 Å². The van der Waals surface area contributed by atoms with Crippen molar-refractivity contribution in [3.63, 3.8) is 0 Å². The van der Waals surface area contributed by atoms with E-state index in [0.29, 0.717) is 0 Å². The fraction of sp³-hybridized carbons (Fsp3) is 0. The van der Waals surface area contributed by atoms with E-state index < -0.39 is 0 Å². The van der Waals surface area contributed by atoms with Crippen molar-refractivity contribution in [1.29, 1.82) is 5.26 Å². The SMILES string of the molecule is N#CC=Cc1ccc(-c2cc(-c3ccccc3)c3nc(-c4ccccc4)cn3c2)cc1. The molecule has 0 radical (unpaired) electrons. The number of fused-ring (bicyclic) bond motifs is 1. The minimum Gasteiger partial charge on any atom is -0.305 e. The predicted molar refractivity (Wildman–Crippen MR) is 126 cm³/mol. The third-order valence-electron chi connectivity index (χ3n) is 5.30. The van der Waals surface area contributed by atoms with Gasteiger partial charge in [-0.2, -0.15) is 5.26 Å². The predicted octanol–water partition coefficient (Wildman–Crippen LogP) is 6.87. The molecule has 3 nitrogen and oxygen atoms in total. The fourth-order valence-electron chi connectivity index (χ4n) is 3.75. The molecule has 0 bridgehead atoms. The van der Waals surface area contributed by atoms with E-state index in [1.54, 1.807) is 0 Å². The second kappa shape index (κ2) is 8.14. The van der Waals surface area contributed by atoms with E-state index in [4.69, 9.17) is 10.2 Å². The highest BCUT2D eigenvalue weighted by molar-refractivity contribution is 5.84. The smallest absolute Gasteiger partial charge is 0.145 e. The molecular formula is C28H19N3. The van der Waals surface area contributed by atoms with Crippen LogP contribution < -0.4 is 0 Å². The number of imidazole rings is 1. The summed E-state index contributed by atoms with van der Waals surface area (Å²) >= 11 is 0. The maximum Gasteiger partial charge on any atom is 0.145 e. The van der Waals surface area contributed by atoms with E-state index in [-0.39, 0.29) is 0 Å². The molecule has 0 N–H and O–H groups in total. The number of aromatic nitrogens is 2. The lowest BCUT2D eigenvalue weighted by atomic mass is 10.0. The van der Waals surface area contributed by atoms with Gasteiger partial charge >= 0.3 is 0 Å². The third-order valence-corrected chi connectivity index (χ3v) is 5.30. The van der Waals surface area contributed by atoms with Gasteiger partial charge in [-0.05, 0) is 34.4 Å². The molecule has 0 saturated heterocycles. The van der Waals surface area contributed by atoms with E-state index in [0.717, 1.165) is 44.7 Å². The molecule has 146 valence electrons. The number of nitrogens with zero attached hydrogens (tertiary/aromatic N) is 3. The Hall–Kier alpha value is -4.42. The molecule has 5 aromatic rings. The van der Waals surface area contributed by atoms with Crippen molar-refractivity contribution in [3.05, 3.63) is 115 Å². The minimum absolute atomic E-state index is 0.933. The zero-order valence-corrected chi connectivity index (χ0v) is 16.8. The van der Waals surface area contributed by atoms with Gasteiger partial charge in [-0.15, -0.1) is 0 Å². The Morgan fingerprint density at radius 2 is 1.39 bits per heavy atom. The molecule has 5 rings (SSSR count). The van der Waals surface area contributed by atoms with Gasteiger partial charge in [0, 0.05) is 29.6 Å². The molecule has 0 aliphatic heterocycles. The molecule has 2 aromatic heterocycles. The fourth-order valence-corrected chi connectivity index (χ4v) is 3.75. The molecule has 0 atom stereocenters. The lowest BCUT2D eigenvalue weighted by Gasteiger charge is -2.09. The van der Waals surface area contributed by atoms with Crippen molar-refractivity contribution in [2.75, 3.05) is 0 Å². The van der Waals surface area contributed by atoms with Gasteiger partial charge in [0.15, 0.2) is 0 Å². The molecule has 0 aliphatic rings. The number of allylic oxidation sites excluding steroid dienone is 1. The van der Waals surface area contributed by atoms with Crippen LogP contribution in [0.25, 0.3) is 45.2 Å². The summed E-state index contributed by atoms with van der Waals surface area (Å²) in [6.45, 7) is 0. The lowest BCUT2D eigenvalue weighted by molar-refractivity contribution is 1.19. The number of benzene rings is 3. The second-order valence-electron chi connectivity index (χ2n) is 7.32. The Labute approximate surface area is 181 Å². The van der Waals surface area contributed by atoms with Crippen molar-refractivity contribution in [3.8, 4) is 39.6 Å². The first-order chi connectivity index (χ1) is 15.3. The highest BCUT2D eigenvalue weighted by Gasteiger charge is 2.12. The van der Waals surface area contributed by atoms with Crippen LogP contribution >= 0.6 is 0 Å². The third kappa shape index (κ3) is 3.75. The summed E-state index contributed by atoms with van der Waals surface area (Å²) in [6, 6.07) is 33.1. The first-order valence-corrected chi connectivity index (χ1v) is 10.1. The Bertz CT molecular complexity index is 1400. The van der Waals surface area contributed by atoms with E-state index in [2.05, 4.69) is 71.4 Å². The molecule has 2 heterocycles. The zero-order chi connectivity index (χ0) is 21.0. The number of rotatable bonds is 4. The second-order valence-corrected chi connectivity index (χ2v) is 7.32. The number of hydrogen-bond donors (Lipinski definition) is 0. The van der Waals surface area contributed by atoms with Gasteiger partial charge in [0.25, 0.3) is 0 Å². The number of nitriles is 1. The Kier molecular flexibility index (Phi) is 4.88. The molecule has 0 aliphatic carbocycles. The molecule has 3 aromatic carbocycles. The van der Waals surface area contributed by atoms with E-state index in [1.807, 2.05) is 48.5 Å². The molecule has 0 unspecified atom stereocenters. The number of hydrogen-bond acceptors (Lipinski definition) is 2. The van der Waals surface area contributed by atoms with Gasteiger partial charge in [0.05, 0.1) is 11.8 Å². The van der Waals surface area contributed by atoms with E-state index in [1.165, 1.54) is 6.08 Å². The van der Waals surface area contributed by atoms with E-state index >= 15 is 0 Å². The highest BCUT2D eigenvalue weighted by atomic mass is 15.0. The Morgan fingerprint density at radius 3 is 2.06 bits per heavy atom. The van der Waals surface area contributed by atoms with E-state index in [9.17, 15) is 0 Å². The van der Waals surface area contributed by atoms with Gasteiger partial charge in [-0.25, -0.2) is 4.98 Å². The first kappa shape index (κ1) is 18.6. The van der Waals surface area contributed by atoms with Crippen LogP contribution in [0, 0.1) is 11.3 Å². The Morgan fingerprint density at radius 1 is 0.710 bits per heavy atom. The summed E-state index contributed by atoms with van der Waals surface area (Å²) in [5.41, 5.74) is 8.43. The van der Waals surface area contributed by atoms with Crippen LogP contribution in [0.1, 0.15) is 5.56 Å². The summed E-state index contributed by atoms with van der Waals surface area (Å²) in [6.07, 6.45) is 7.52. The Balaban J connectivity index is 1.68. The molecule has 0 spiro atoms. The number of pyridine rings is 1. The molecule has 3 heteroatoms. The topological polar surface area (TPSA) is 41.1 Å². The van der Waals surface area contributed by atoms with Gasteiger partial charge in [-0.3, -0.25) is 0 Å². The van der Waals surface area contributed by atoms with Crippen molar-refractivity contribution >= 4 is 11.7 Å². The van der Waals surface area contributed by atoms with Crippen LogP contribution in [-0.2, 0) is 0 Å². The largest absolute Gasteiger partial charge is 0.305 e. The molecule has 0 fully saturated rings. The monoisotopic (exact) mass is 397 g/mol. The zero-order valence-electron chi connectivity index (χ0n) is 16.8. The standard InChI is InChI=1S/C28H19N3/c29-17-7-8-21-13-15-22(16-14-21)25-18-26(23-9-3-1-4-10-23)28-30-27(20-31(28)19-25)24-11-5-2-6-12-24/h1-16,18-20H. The van der Waals surface area contributed by atoms with Crippen molar-refractivity contribution < 1.29 is 0 Å². The average molecular weight is 397 g/mol. The van der Waals surface area contributed by atoms with Crippen LogP contribution in [0.2, 0.25) is 0 Å². The van der Waals surface area contributed by atoms with Crippen LogP contribution in [0.3, 0.4) is 0 Å². The minimum atomic E-state index is 0.933. The van der Waals surface area contributed by atoms with Gasteiger partial charge in [-0.1, -0.05) is 84.9 Å². The maximum atomic E-state index is 8.74. The first-order valence-electron chi connectivity index (χ1n) is 10.1. The van der Waals surface area contributed by atoms with Crippen LogP contribution in [0.5, 0.6) is 0 Å². The van der Waals surface area contributed by atoms with Crippen molar-refractivity contribution in [2.24, 2.45) is 0 Å². The van der Waals surface area contributed by atoms with Gasteiger partial charge < -0.3 is 4.40 Å². The lowest BCUT2D eigenvalue weighted by Crippen LogP contribution is -1.91. The van der Waals surface area contributed by atoms with Gasteiger partial charge in [0.1, 0.15) is 5.65 Å². The molecule has 0 saturated carbocycles. The van der Waals surface area contributed by atoms with Gasteiger partial charge in [0.2, 0.25) is 0 Å². The normalized spacial score (nSPS) is 11.1. The molecule has 31 heavy (non-hydrogen) atoms.